The second kappa shape index (κ2) is 7.84. The Hall–Kier alpha value is -1.73. The van der Waals surface area contributed by atoms with E-state index in [-0.39, 0.29) is 23.0 Å². The molecule has 2 aromatic rings. The molecule has 0 aliphatic carbocycles. The largest absolute Gasteiger partial charge is 0.326 e. The Morgan fingerprint density at radius 3 is 2.38 bits per heavy atom. The molecule has 0 fully saturated rings. The first-order valence-electron chi connectivity index (χ1n) is 9.28. The Labute approximate surface area is 187 Å². The molecule has 29 heavy (non-hydrogen) atoms. The number of carbonyl (C=O) groups is 2. The second-order valence-electron chi connectivity index (χ2n) is 8.56. The highest BCUT2D eigenvalue weighted by molar-refractivity contribution is 9.25. The van der Waals surface area contributed by atoms with Crippen LogP contribution in [0.4, 0.5) is 15.8 Å². The lowest BCUT2D eigenvalue weighted by Gasteiger charge is -2.20. The van der Waals surface area contributed by atoms with Crippen LogP contribution in [0.15, 0.2) is 36.4 Å². The maximum absolute atomic E-state index is 13.2. The molecule has 0 atom stereocenters. The van der Waals surface area contributed by atoms with Gasteiger partial charge in [0, 0.05) is 17.7 Å². The molecule has 1 heterocycles. The van der Waals surface area contributed by atoms with E-state index >= 15 is 0 Å². The van der Waals surface area contributed by atoms with E-state index in [1.165, 1.54) is 12.1 Å². The molecule has 1 aliphatic rings. The summed E-state index contributed by atoms with van der Waals surface area (Å²) in [6, 6.07) is 9.82. The fraction of sp³-hybridized carbons (Fsp3) is 0.364. The van der Waals surface area contributed by atoms with Crippen molar-refractivity contribution in [2.75, 3.05) is 10.2 Å². The second-order valence-corrected chi connectivity index (χ2v) is 12.0. The third-order valence-electron chi connectivity index (χ3n) is 4.70. The summed E-state index contributed by atoms with van der Waals surface area (Å²) in [6.45, 7) is 8.25. The maximum atomic E-state index is 13.2. The van der Waals surface area contributed by atoms with E-state index < -0.39 is 3.23 Å². The molecule has 0 saturated heterocycles. The van der Waals surface area contributed by atoms with Gasteiger partial charge in [-0.3, -0.25) is 9.59 Å². The van der Waals surface area contributed by atoms with Crippen LogP contribution in [0, 0.1) is 18.2 Å². The van der Waals surface area contributed by atoms with Crippen LogP contribution in [0.1, 0.15) is 43.9 Å². The normalized spacial score (nSPS) is 15.4. The third kappa shape index (κ3) is 4.72. The van der Waals surface area contributed by atoms with Gasteiger partial charge in [0.2, 0.25) is 5.91 Å². The van der Waals surface area contributed by atoms with E-state index in [0.717, 1.165) is 22.4 Å². The van der Waals surface area contributed by atoms with Crippen molar-refractivity contribution in [2.45, 2.75) is 43.9 Å². The van der Waals surface area contributed by atoms with Gasteiger partial charge < -0.3 is 10.2 Å². The molecule has 0 unspecified atom stereocenters. The molecule has 154 valence electrons. The molecule has 0 saturated carbocycles. The Bertz CT molecular complexity index is 966. The van der Waals surface area contributed by atoms with Gasteiger partial charge in [0.05, 0.1) is 12.2 Å². The van der Waals surface area contributed by atoms with E-state index in [2.05, 4.69) is 37.2 Å². The minimum absolute atomic E-state index is 0.0669. The number of carbonyl (C=O) groups excluding carboxylic acids is 2. The SMILES string of the molecule is Cc1cc2c(cc1NC(=O)CC(C)(C)C)C(Br)(Br)C(=O)N2Cc1ccc(F)cc1. The summed E-state index contributed by atoms with van der Waals surface area (Å²) in [7, 11) is 0. The van der Waals surface area contributed by atoms with Crippen molar-refractivity contribution in [1.82, 2.24) is 0 Å². The molecule has 2 amide bonds. The minimum Gasteiger partial charge on any atom is -0.326 e. The maximum Gasteiger partial charge on any atom is 0.259 e. The molecular weight excluding hydrogens is 503 g/mol. The summed E-state index contributed by atoms with van der Waals surface area (Å²) in [6.07, 6.45) is 0.396. The average Bonchev–Trinajstić information content (AvgIpc) is 2.76. The number of hydrogen-bond acceptors (Lipinski definition) is 2. The Balaban J connectivity index is 1.94. The van der Waals surface area contributed by atoms with Crippen LogP contribution < -0.4 is 10.2 Å². The number of halogens is 3. The monoisotopic (exact) mass is 524 g/mol. The van der Waals surface area contributed by atoms with E-state index in [1.54, 1.807) is 17.0 Å². The standard InChI is InChI=1S/C22H23Br2FN2O2/c1-13-9-18-16(10-17(13)26-19(28)11-21(2,3)4)22(23,24)20(29)27(18)12-14-5-7-15(25)8-6-14/h5-10H,11-12H2,1-4H3,(H,26,28). The van der Waals surface area contributed by atoms with Gasteiger partial charge in [0.15, 0.2) is 3.23 Å². The van der Waals surface area contributed by atoms with E-state index in [1.807, 2.05) is 39.8 Å². The predicted octanol–water partition coefficient (Wildman–Crippen LogP) is 6.00. The molecule has 0 aromatic heterocycles. The van der Waals surface area contributed by atoms with Crippen molar-refractivity contribution in [3.8, 4) is 0 Å². The highest BCUT2D eigenvalue weighted by Crippen LogP contribution is 2.52. The summed E-state index contributed by atoms with van der Waals surface area (Å²) in [4.78, 5) is 27.1. The number of anilines is 2. The summed E-state index contributed by atoms with van der Waals surface area (Å²) >= 11 is 7.00. The zero-order chi connectivity index (χ0) is 21.6. The smallest absolute Gasteiger partial charge is 0.259 e. The molecule has 4 nitrogen and oxygen atoms in total. The first kappa shape index (κ1) is 22.0. The Morgan fingerprint density at radius 2 is 1.79 bits per heavy atom. The lowest BCUT2D eigenvalue weighted by Crippen LogP contribution is -2.32. The highest BCUT2D eigenvalue weighted by atomic mass is 79.9. The predicted molar refractivity (Wildman–Crippen MR) is 121 cm³/mol. The van der Waals surface area contributed by atoms with Gasteiger partial charge in [0.25, 0.3) is 5.91 Å². The fourth-order valence-corrected chi connectivity index (χ4v) is 4.36. The number of alkyl halides is 2. The number of hydrogen-bond donors (Lipinski definition) is 1. The lowest BCUT2D eigenvalue weighted by atomic mass is 9.92. The molecule has 0 bridgehead atoms. The Morgan fingerprint density at radius 1 is 1.17 bits per heavy atom. The number of aryl methyl sites for hydroxylation is 1. The lowest BCUT2D eigenvalue weighted by molar-refractivity contribution is -0.118. The fourth-order valence-electron chi connectivity index (χ4n) is 3.30. The van der Waals surface area contributed by atoms with Gasteiger partial charge in [-0.25, -0.2) is 4.39 Å². The molecule has 2 aromatic carbocycles. The highest BCUT2D eigenvalue weighted by Gasteiger charge is 2.48. The zero-order valence-corrected chi connectivity index (χ0v) is 19.9. The molecule has 0 spiro atoms. The van der Waals surface area contributed by atoms with Gasteiger partial charge in [-0.05, 0) is 47.7 Å². The van der Waals surface area contributed by atoms with Crippen molar-refractivity contribution in [2.24, 2.45) is 5.41 Å². The molecule has 3 rings (SSSR count). The van der Waals surface area contributed by atoms with Crippen LogP contribution in [0.2, 0.25) is 0 Å². The van der Waals surface area contributed by atoms with Gasteiger partial charge in [-0.2, -0.15) is 0 Å². The first-order chi connectivity index (χ1) is 13.4. The van der Waals surface area contributed by atoms with Crippen molar-refractivity contribution >= 4 is 55.0 Å². The van der Waals surface area contributed by atoms with Crippen LogP contribution in [-0.2, 0) is 19.4 Å². The molecular formula is C22H23Br2FN2O2. The molecule has 7 heteroatoms. The summed E-state index contributed by atoms with van der Waals surface area (Å²) in [5, 5.41) is 2.97. The van der Waals surface area contributed by atoms with E-state index in [4.69, 9.17) is 0 Å². The van der Waals surface area contributed by atoms with Gasteiger partial charge in [-0.1, -0.05) is 64.8 Å². The van der Waals surface area contributed by atoms with Crippen LogP contribution in [0.25, 0.3) is 0 Å². The Kier molecular flexibility index (Phi) is 5.94. The van der Waals surface area contributed by atoms with Crippen LogP contribution in [0.5, 0.6) is 0 Å². The zero-order valence-electron chi connectivity index (χ0n) is 16.8. The van der Waals surface area contributed by atoms with E-state index in [9.17, 15) is 14.0 Å². The van der Waals surface area contributed by atoms with Gasteiger partial charge in [-0.15, -0.1) is 0 Å². The van der Waals surface area contributed by atoms with Crippen LogP contribution in [-0.4, -0.2) is 11.8 Å². The van der Waals surface area contributed by atoms with Crippen molar-refractivity contribution in [3.63, 3.8) is 0 Å². The van der Waals surface area contributed by atoms with Gasteiger partial charge in [0.1, 0.15) is 5.82 Å². The van der Waals surface area contributed by atoms with Crippen molar-refractivity contribution in [1.29, 1.82) is 0 Å². The number of amides is 2. The first-order valence-corrected chi connectivity index (χ1v) is 10.9. The number of nitrogens with zero attached hydrogens (tertiary/aromatic N) is 1. The molecule has 0 radical (unpaired) electrons. The topological polar surface area (TPSA) is 49.4 Å². The molecule has 1 aliphatic heterocycles. The third-order valence-corrected chi connectivity index (χ3v) is 6.24. The summed E-state index contributed by atoms with van der Waals surface area (Å²) in [5.41, 5.74) is 3.72. The number of fused-ring (bicyclic) bond motifs is 1. The van der Waals surface area contributed by atoms with Gasteiger partial charge >= 0.3 is 0 Å². The van der Waals surface area contributed by atoms with Crippen LogP contribution in [0.3, 0.4) is 0 Å². The van der Waals surface area contributed by atoms with Crippen molar-refractivity contribution in [3.05, 3.63) is 58.9 Å². The quantitative estimate of drug-likeness (QED) is 0.498. The minimum atomic E-state index is -1.08. The summed E-state index contributed by atoms with van der Waals surface area (Å²) < 4.78 is 12.1. The number of nitrogens with one attached hydrogen (secondary N) is 1. The number of rotatable bonds is 4. The molecule has 1 N–H and O–H groups in total. The number of benzene rings is 2. The van der Waals surface area contributed by atoms with Crippen molar-refractivity contribution < 1.29 is 14.0 Å². The summed E-state index contributed by atoms with van der Waals surface area (Å²) in [5.74, 6) is -0.555. The van der Waals surface area contributed by atoms with E-state index in [0.29, 0.717) is 18.7 Å². The van der Waals surface area contributed by atoms with Crippen LogP contribution >= 0.6 is 31.9 Å². The average molecular weight is 526 g/mol.